The van der Waals surface area contributed by atoms with Crippen molar-refractivity contribution in [1.82, 2.24) is 29.1 Å². The number of nitriles is 1. The summed E-state index contributed by atoms with van der Waals surface area (Å²) in [4.78, 5) is 40.5. The van der Waals surface area contributed by atoms with Crippen molar-refractivity contribution in [3.05, 3.63) is 43.7 Å². The number of H-pyrrole nitrogens is 1. The number of aryl methyl sites for hydroxylation is 4. The number of thioether (sulfide) groups is 1. The summed E-state index contributed by atoms with van der Waals surface area (Å²) in [5, 5.41) is 10.0. The van der Waals surface area contributed by atoms with Gasteiger partial charge in [-0.25, -0.2) is 19.7 Å². The molecule has 0 aliphatic heterocycles. The molecule has 0 saturated carbocycles. The summed E-state index contributed by atoms with van der Waals surface area (Å²) in [6.45, 7) is 8.57. The Kier molecular flexibility index (Phi) is 6.17. The van der Waals surface area contributed by atoms with Gasteiger partial charge in [0.25, 0.3) is 5.56 Å². The van der Waals surface area contributed by atoms with E-state index in [1.807, 2.05) is 18.4 Å². The molecule has 0 spiro atoms. The van der Waals surface area contributed by atoms with Crippen LogP contribution in [0.15, 0.2) is 14.6 Å². The Labute approximate surface area is 171 Å². The van der Waals surface area contributed by atoms with Gasteiger partial charge < -0.3 is 4.57 Å². The van der Waals surface area contributed by atoms with E-state index in [0.29, 0.717) is 57.9 Å². The van der Waals surface area contributed by atoms with Crippen LogP contribution in [0, 0.1) is 25.2 Å². The predicted octanol–water partition coefficient (Wildman–Crippen LogP) is 2.28. The third-order valence-corrected chi connectivity index (χ3v) is 5.61. The van der Waals surface area contributed by atoms with E-state index in [0.717, 1.165) is 12.8 Å². The summed E-state index contributed by atoms with van der Waals surface area (Å²) in [7, 11) is 0. The average molecular weight is 414 g/mol. The van der Waals surface area contributed by atoms with Crippen LogP contribution in [0.3, 0.4) is 0 Å². The molecular formula is C19H23N7O2S. The number of imidazole rings is 1. The van der Waals surface area contributed by atoms with Crippen LogP contribution >= 0.6 is 11.8 Å². The number of unbranched alkanes of at least 4 members (excludes halogenated alkanes) is 1. The minimum atomic E-state index is -0.440. The van der Waals surface area contributed by atoms with Gasteiger partial charge in [0.1, 0.15) is 28.3 Å². The minimum absolute atomic E-state index is 0.398. The van der Waals surface area contributed by atoms with E-state index in [4.69, 9.17) is 0 Å². The van der Waals surface area contributed by atoms with Gasteiger partial charge in [0.15, 0.2) is 11.2 Å². The largest absolute Gasteiger partial charge is 0.330 e. The first kappa shape index (κ1) is 20.8. The molecular weight excluding hydrogens is 390 g/mol. The summed E-state index contributed by atoms with van der Waals surface area (Å²) in [5.74, 6) is 1.67. The van der Waals surface area contributed by atoms with Gasteiger partial charge >= 0.3 is 5.69 Å². The maximum atomic E-state index is 12.5. The number of nitrogens with zero attached hydrogens (tertiary/aromatic N) is 6. The number of hydrogen-bond donors (Lipinski definition) is 1. The first-order valence-corrected chi connectivity index (χ1v) is 10.5. The van der Waals surface area contributed by atoms with Gasteiger partial charge in [-0.3, -0.25) is 14.3 Å². The maximum Gasteiger partial charge on any atom is 0.330 e. The summed E-state index contributed by atoms with van der Waals surface area (Å²) in [6.07, 6.45) is 1.74. The van der Waals surface area contributed by atoms with Gasteiger partial charge in [-0.1, -0.05) is 25.1 Å². The molecule has 0 unspecified atom stereocenters. The van der Waals surface area contributed by atoms with E-state index >= 15 is 0 Å². The second-order valence-corrected chi connectivity index (χ2v) is 7.61. The van der Waals surface area contributed by atoms with Gasteiger partial charge in [0.2, 0.25) is 0 Å². The second kappa shape index (κ2) is 8.61. The van der Waals surface area contributed by atoms with Crippen LogP contribution in [0.4, 0.5) is 0 Å². The van der Waals surface area contributed by atoms with Crippen molar-refractivity contribution < 1.29 is 0 Å². The zero-order valence-corrected chi connectivity index (χ0v) is 17.8. The Balaban J connectivity index is 2.07. The lowest BCUT2D eigenvalue weighted by Gasteiger charge is -2.08. The lowest BCUT2D eigenvalue weighted by atomic mass is 10.3. The quantitative estimate of drug-likeness (QED) is 0.466. The molecule has 0 amide bonds. The molecule has 0 atom stereocenters. The molecule has 0 aliphatic rings. The van der Waals surface area contributed by atoms with E-state index in [1.165, 1.54) is 16.3 Å². The average Bonchev–Trinajstić information content (AvgIpc) is 3.04. The van der Waals surface area contributed by atoms with Crippen LogP contribution in [0.5, 0.6) is 0 Å². The summed E-state index contributed by atoms with van der Waals surface area (Å²) < 4.78 is 3.34. The molecule has 29 heavy (non-hydrogen) atoms. The lowest BCUT2D eigenvalue weighted by molar-refractivity contribution is 0.613. The molecule has 9 nitrogen and oxygen atoms in total. The Morgan fingerprint density at radius 3 is 2.55 bits per heavy atom. The van der Waals surface area contributed by atoms with Crippen molar-refractivity contribution in [2.45, 2.75) is 64.4 Å². The van der Waals surface area contributed by atoms with E-state index in [1.54, 1.807) is 13.8 Å². The molecule has 1 N–H and O–H groups in total. The normalized spacial score (nSPS) is 11.1. The van der Waals surface area contributed by atoms with Crippen LogP contribution in [0.25, 0.3) is 11.2 Å². The standard InChI is InChI=1S/C19H23N7O2S/c1-5-7-8-26-16-15(17(27)24-19(26)28)25(6-2)14(23-16)10-29-18-13(9-20)11(3)21-12(4)22-18/h5-8,10H2,1-4H3,(H,24,27,28). The summed E-state index contributed by atoms with van der Waals surface area (Å²) in [6, 6.07) is 2.16. The molecule has 3 aromatic rings. The van der Waals surface area contributed by atoms with Crippen molar-refractivity contribution in [1.29, 1.82) is 5.26 Å². The van der Waals surface area contributed by atoms with E-state index < -0.39 is 11.2 Å². The highest BCUT2D eigenvalue weighted by Crippen LogP contribution is 2.26. The van der Waals surface area contributed by atoms with Crippen molar-refractivity contribution in [3.63, 3.8) is 0 Å². The number of aromatic amines is 1. The molecule has 3 rings (SSSR count). The molecule has 0 fully saturated rings. The highest BCUT2D eigenvalue weighted by Gasteiger charge is 2.19. The van der Waals surface area contributed by atoms with Gasteiger partial charge in [-0.05, 0) is 27.2 Å². The van der Waals surface area contributed by atoms with Crippen LogP contribution in [-0.2, 0) is 18.8 Å². The van der Waals surface area contributed by atoms with Crippen LogP contribution in [0.2, 0.25) is 0 Å². The van der Waals surface area contributed by atoms with Crippen LogP contribution < -0.4 is 11.2 Å². The molecule has 0 aliphatic carbocycles. The Bertz CT molecular complexity index is 1220. The molecule has 10 heteroatoms. The van der Waals surface area contributed by atoms with Gasteiger partial charge in [0, 0.05) is 13.1 Å². The van der Waals surface area contributed by atoms with Crippen molar-refractivity contribution in [2.24, 2.45) is 0 Å². The Morgan fingerprint density at radius 1 is 1.14 bits per heavy atom. The predicted molar refractivity (Wildman–Crippen MR) is 111 cm³/mol. The zero-order chi connectivity index (χ0) is 21.1. The van der Waals surface area contributed by atoms with Gasteiger partial charge in [-0.15, -0.1) is 0 Å². The van der Waals surface area contributed by atoms with Crippen molar-refractivity contribution in [3.8, 4) is 6.07 Å². The molecule has 3 heterocycles. The Morgan fingerprint density at radius 2 is 1.90 bits per heavy atom. The van der Waals surface area contributed by atoms with Crippen molar-refractivity contribution >= 4 is 22.9 Å². The van der Waals surface area contributed by atoms with Crippen molar-refractivity contribution in [2.75, 3.05) is 0 Å². The smallest absolute Gasteiger partial charge is 0.322 e. The molecule has 152 valence electrons. The first-order chi connectivity index (χ1) is 13.9. The Hall–Kier alpha value is -2.93. The van der Waals surface area contributed by atoms with Crippen LogP contribution in [0.1, 0.15) is 49.6 Å². The molecule has 0 aromatic carbocycles. The molecule has 0 saturated heterocycles. The van der Waals surface area contributed by atoms with E-state index in [9.17, 15) is 14.9 Å². The zero-order valence-electron chi connectivity index (χ0n) is 16.9. The second-order valence-electron chi connectivity index (χ2n) is 6.65. The number of hydrogen-bond acceptors (Lipinski definition) is 7. The van der Waals surface area contributed by atoms with E-state index in [2.05, 4.69) is 26.0 Å². The number of rotatable bonds is 7. The molecule has 3 aromatic heterocycles. The highest BCUT2D eigenvalue weighted by molar-refractivity contribution is 7.98. The molecule has 0 radical (unpaired) electrons. The third-order valence-electron chi connectivity index (χ3n) is 4.63. The number of aromatic nitrogens is 6. The fourth-order valence-corrected chi connectivity index (χ4v) is 4.26. The minimum Gasteiger partial charge on any atom is -0.322 e. The topological polar surface area (TPSA) is 122 Å². The molecule has 0 bridgehead atoms. The highest BCUT2D eigenvalue weighted by atomic mass is 32.2. The maximum absolute atomic E-state index is 12.5. The number of nitrogens with one attached hydrogen (secondary N) is 1. The van der Waals surface area contributed by atoms with Crippen LogP contribution in [-0.4, -0.2) is 29.1 Å². The summed E-state index contributed by atoms with van der Waals surface area (Å²) in [5.41, 5.74) is 1.00. The monoisotopic (exact) mass is 413 g/mol. The lowest BCUT2D eigenvalue weighted by Crippen LogP contribution is -2.31. The SMILES string of the molecule is CCCCn1c(=O)[nH]c(=O)c2c1nc(CSc1nc(C)nc(C)c1C#N)n2CC. The first-order valence-electron chi connectivity index (χ1n) is 9.51. The third kappa shape index (κ3) is 3.96. The summed E-state index contributed by atoms with van der Waals surface area (Å²) >= 11 is 1.38. The fraction of sp³-hybridized carbons (Fsp3) is 0.474. The van der Waals surface area contributed by atoms with Gasteiger partial charge in [0.05, 0.1) is 11.4 Å². The number of fused-ring (bicyclic) bond motifs is 1. The van der Waals surface area contributed by atoms with E-state index in [-0.39, 0.29) is 0 Å². The fourth-order valence-electron chi connectivity index (χ4n) is 3.24. The van der Waals surface area contributed by atoms with Gasteiger partial charge in [-0.2, -0.15) is 5.26 Å².